The molecular weight excluding hydrogens is 286 g/mol. The van der Waals surface area contributed by atoms with Crippen LogP contribution in [0.5, 0.6) is 0 Å². The number of carbonyl (C=O) groups excluding carboxylic acids is 2. The first-order valence-corrected chi connectivity index (χ1v) is 6.09. The lowest BCUT2D eigenvalue weighted by atomic mass is 10.2. The highest BCUT2D eigenvalue weighted by Crippen LogP contribution is 2.19. The molecular formula is C12H14ClN3O4. The van der Waals surface area contributed by atoms with E-state index < -0.39 is 12.0 Å². The van der Waals surface area contributed by atoms with Gasteiger partial charge in [0.15, 0.2) is 0 Å². The molecule has 1 aromatic rings. The lowest BCUT2D eigenvalue weighted by Gasteiger charge is -2.09. The van der Waals surface area contributed by atoms with Crippen LogP contribution in [0.15, 0.2) is 18.2 Å². The van der Waals surface area contributed by atoms with E-state index in [-0.39, 0.29) is 28.7 Å². The Morgan fingerprint density at radius 1 is 1.15 bits per heavy atom. The maximum absolute atomic E-state index is 11.5. The minimum absolute atomic E-state index is 0.0222. The fraction of sp³-hybridized carbons (Fsp3) is 0.250. The van der Waals surface area contributed by atoms with Gasteiger partial charge in [0.05, 0.1) is 5.56 Å². The molecule has 3 amide bonds. The Labute approximate surface area is 120 Å². The fourth-order valence-corrected chi connectivity index (χ4v) is 1.61. The van der Waals surface area contributed by atoms with Crippen molar-refractivity contribution in [2.75, 3.05) is 18.4 Å². The van der Waals surface area contributed by atoms with Crippen LogP contribution in [0, 0.1) is 0 Å². The molecule has 1 rings (SSSR count). The predicted molar refractivity (Wildman–Crippen MR) is 74.1 cm³/mol. The minimum Gasteiger partial charge on any atom is -0.478 e. The Bertz CT molecular complexity index is 533. The second kappa shape index (κ2) is 7.34. The van der Waals surface area contributed by atoms with Gasteiger partial charge in [-0.25, -0.2) is 9.59 Å². The molecule has 0 radical (unpaired) electrons. The van der Waals surface area contributed by atoms with Crippen molar-refractivity contribution in [1.29, 1.82) is 0 Å². The first-order valence-electron chi connectivity index (χ1n) is 5.71. The molecule has 0 bridgehead atoms. The second-order valence-corrected chi connectivity index (χ2v) is 4.33. The molecule has 0 saturated heterocycles. The van der Waals surface area contributed by atoms with E-state index in [0.717, 1.165) is 0 Å². The number of halogens is 1. The summed E-state index contributed by atoms with van der Waals surface area (Å²) in [7, 11) is 0. The van der Waals surface area contributed by atoms with E-state index in [2.05, 4.69) is 16.0 Å². The van der Waals surface area contributed by atoms with Gasteiger partial charge >= 0.3 is 12.0 Å². The number of carboxylic acids is 1. The van der Waals surface area contributed by atoms with Gasteiger partial charge in [0.1, 0.15) is 0 Å². The lowest BCUT2D eigenvalue weighted by molar-refractivity contribution is -0.118. The molecule has 0 unspecified atom stereocenters. The minimum atomic E-state index is -1.14. The summed E-state index contributed by atoms with van der Waals surface area (Å²) in [5.41, 5.74) is 0.248. The zero-order chi connectivity index (χ0) is 15.1. The number of aromatic carboxylic acids is 1. The SMILES string of the molecule is CC(=O)NCCNC(=O)Nc1cc(Cl)cc(C(=O)O)c1. The molecule has 0 saturated carbocycles. The van der Waals surface area contributed by atoms with Gasteiger partial charge in [-0.2, -0.15) is 0 Å². The van der Waals surface area contributed by atoms with Gasteiger partial charge in [0, 0.05) is 30.7 Å². The summed E-state index contributed by atoms with van der Waals surface area (Å²) in [6.45, 7) is 1.93. The molecule has 0 spiro atoms. The highest BCUT2D eigenvalue weighted by molar-refractivity contribution is 6.31. The van der Waals surface area contributed by atoms with E-state index in [4.69, 9.17) is 16.7 Å². The number of carboxylic acid groups (broad SMARTS) is 1. The van der Waals surface area contributed by atoms with Gasteiger partial charge < -0.3 is 21.1 Å². The molecule has 7 nitrogen and oxygen atoms in total. The zero-order valence-corrected chi connectivity index (χ0v) is 11.5. The van der Waals surface area contributed by atoms with Gasteiger partial charge in [-0.3, -0.25) is 4.79 Å². The van der Waals surface area contributed by atoms with Crippen LogP contribution in [-0.4, -0.2) is 36.1 Å². The number of amides is 3. The first kappa shape index (κ1) is 15.8. The van der Waals surface area contributed by atoms with Crippen molar-refractivity contribution in [2.24, 2.45) is 0 Å². The van der Waals surface area contributed by atoms with Crippen molar-refractivity contribution in [3.8, 4) is 0 Å². The van der Waals surface area contributed by atoms with Gasteiger partial charge in [-0.05, 0) is 18.2 Å². The number of nitrogens with one attached hydrogen (secondary N) is 3. The highest BCUT2D eigenvalue weighted by atomic mass is 35.5. The van der Waals surface area contributed by atoms with Crippen molar-refractivity contribution < 1.29 is 19.5 Å². The van der Waals surface area contributed by atoms with Crippen LogP contribution >= 0.6 is 11.6 Å². The number of carbonyl (C=O) groups is 3. The van der Waals surface area contributed by atoms with E-state index in [9.17, 15) is 14.4 Å². The standard InChI is InChI=1S/C12H14ClN3O4/c1-7(17)14-2-3-15-12(20)16-10-5-8(11(18)19)4-9(13)6-10/h4-6H,2-3H2,1H3,(H,14,17)(H,18,19)(H2,15,16,20). The summed E-state index contributed by atoms with van der Waals surface area (Å²) in [4.78, 5) is 33.0. The third-order valence-corrected chi connectivity index (χ3v) is 2.41. The van der Waals surface area contributed by atoms with Crippen molar-refractivity contribution in [3.63, 3.8) is 0 Å². The quantitative estimate of drug-likeness (QED) is 0.615. The second-order valence-electron chi connectivity index (χ2n) is 3.90. The Morgan fingerprint density at radius 2 is 1.80 bits per heavy atom. The van der Waals surface area contributed by atoms with Gasteiger partial charge in [0.2, 0.25) is 5.91 Å². The summed E-state index contributed by atoms with van der Waals surface area (Å²) in [6, 6.07) is 3.49. The molecule has 8 heteroatoms. The molecule has 108 valence electrons. The van der Waals surface area contributed by atoms with Gasteiger partial charge in [0.25, 0.3) is 0 Å². The molecule has 0 aliphatic carbocycles. The van der Waals surface area contributed by atoms with Crippen LogP contribution in [0.3, 0.4) is 0 Å². The summed E-state index contributed by atoms with van der Waals surface area (Å²) in [5, 5.41) is 16.5. The van der Waals surface area contributed by atoms with E-state index in [1.165, 1.54) is 25.1 Å². The summed E-state index contributed by atoms with van der Waals surface area (Å²) in [6.07, 6.45) is 0. The maximum Gasteiger partial charge on any atom is 0.335 e. The van der Waals surface area contributed by atoms with Gasteiger partial charge in [-0.1, -0.05) is 11.6 Å². The number of anilines is 1. The van der Waals surface area contributed by atoms with Crippen LogP contribution in [0.1, 0.15) is 17.3 Å². The first-order chi connectivity index (χ1) is 9.38. The number of rotatable bonds is 5. The Balaban J connectivity index is 2.53. The molecule has 1 aromatic carbocycles. The molecule has 0 aliphatic heterocycles. The third-order valence-electron chi connectivity index (χ3n) is 2.19. The summed E-state index contributed by atoms with van der Waals surface area (Å²) < 4.78 is 0. The summed E-state index contributed by atoms with van der Waals surface area (Å²) >= 11 is 5.76. The monoisotopic (exact) mass is 299 g/mol. The number of benzene rings is 1. The predicted octanol–water partition coefficient (Wildman–Crippen LogP) is 1.30. The van der Waals surface area contributed by atoms with E-state index in [1.807, 2.05) is 0 Å². The molecule has 0 aliphatic rings. The van der Waals surface area contributed by atoms with Gasteiger partial charge in [-0.15, -0.1) is 0 Å². The lowest BCUT2D eigenvalue weighted by Crippen LogP contribution is -2.36. The largest absolute Gasteiger partial charge is 0.478 e. The van der Waals surface area contributed by atoms with Crippen LogP contribution in [0.25, 0.3) is 0 Å². The fourth-order valence-electron chi connectivity index (χ4n) is 1.38. The maximum atomic E-state index is 11.5. The van der Waals surface area contributed by atoms with E-state index in [1.54, 1.807) is 0 Å². The van der Waals surface area contributed by atoms with Crippen LogP contribution < -0.4 is 16.0 Å². The summed E-state index contributed by atoms with van der Waals surface area (Å²) in [5.74, 6) is -1.32. The molecule has 0 heterocycles. The van der Waals surface area contributed by atoms with Crippen LogP contribution in [0.4, 0.5) is 10.5 Å². The average molecular weight is 300 g/mol. The molecule has 0 aromatic heterocycles. The molecule has 20 heavy (non-hydrogen) atoms. The average Bonchev–Trinajstić information content (AvgIpc) is 2.33. The third kappa shape index (κ3) is 5.57. The molecule has 0 fully saturated rings. The van der Waals surface area contributed by atoms with Crippen molar-refractivity contribution in [1.82, 2.24) is 10.6 Å². The Morgan fingerprint density at radius 3 is 2.40 bits per heavy atom. The van der Waals surface area contributed by atoms with Crippen LogP contribution in [0.2, 0.25) is 5.02 Å². The molecule has 4 N–H and O–H groups in total. The highest BCUT2D eigenvalue weighted by Gasteiger charge is 2.08. The Kier molecular flexibility index (Phi) is 5.79. The zero-order valence-electron chi connectivity index (χ0n) is 10.7. The van der Waals surface area contributed by atoms with Crippen molar-refractivity contribution in [3.05, 3.63) is 28.8 Å². The Hall–Kier alpha value is -2.28. The number of urea groups is 1. The molecule has 0 atom stereocenters. The van der Waals surface area contributed by atoms with Crippen molar-refractivity contribution in [2.45, 2.75) is 6.92 Å². The van der Waals surface area contributed by atoms with E-state index >= 15 is 0 Å². The normalized spacial score (nSPS) is 9.70. The van der Waals surface area contributed by atoms with E-state index in [0.29, 0.717) is 6.54 Å². The smallest absolute Gasteiger partial charge is 0.335 e. The van der Waals surface area contributed by atoms with Crippen LogP contribution in [-0.2, 0) is 4.79 Å². The topological polar surface area (TPSA) is 108 Å². The number of hydrogen-bond donors (Lipinski definition) is 4. The number of hydrogen-bond acceptors (Lipinski definition) is 3. The van der Waals surface area contributed by atoms with Crippen molar-refractivity contribution >= 4 is 35.2 Å².